The van der Waals surface area contributed by atoms with Crippen molar-refractivity contribution in [2.24, 2.45) is 0 Å². The second-order valence-electron chi connectivity index (χ2n) is 8.98. The Morgan fingerprint density at radius 1 is 1.27 bits per heavy atom. The summed E-state index contributed by atoms with van der Waals surface area (Å²) < 4.78 is 36.0. The third kappa shape index (κ3) is 4.02. The van der Waals surface area contributed by atoms with Gasteiger partial charge >= 0.3 is 12.3 Å². The Morgan fingerprint density at radius 2 is 2.08 bits per heavy atom. The van der Waals surface area contributed by atoms with E-state index in [9.17, 15) is 23.2 Å². The second-order valence-corrected chi connectivity index (χ2v) is 10.1. The molecule has 5 heterocycles. The molecule has 4 aliphatic heterocycles. The molecule has 2 N–H and O–H groups in total. The minimum absolute atomic E-state index is 0.132. The first-order valence-electron chi connectivity index (χ1n) is 11.6. The van der Waals surface area contributed by atoms with E-state index in [1.54, 1.807) is 11.0 Å². The average Bonchev–Trinajstić information content (AvgIpc) is 3.40. The number of amides is 4. The van der Waals surface area contributed by atoms with Crippen LogP contribution in [0.25, 0.3) is 0 Å². The molecule has 0 radical (unpaired) electrons. The number of alkyl halides is 2. The molecule has 4 amide bonds. The molecule has 6 rings (SSSR count). The number of hydrogen-bond acceptors (Lipinski definition) is 7. The fraction of sp³-hybridized carbons (Fsp3) is 0.333. The van der Waals surface area contributed by atoms with Crippen LogP contribution >= 0.6 is 11.8 Å². The minimum atomic E-state index is -3.78. The first kappa shape index (κ1) is 23.5. The highest BCUT2D eigenvalue weighted by atomic mass is 32.2. The van der Waals surface area contributed by atoms with Crippen LogP contribution in [0.2, 0.25) is 0 Å². The normalized spacial score (nSPS) is 24.8. The first-order valence-corrected chi connectivity index (χ1v) is 12.5. The largest absolute Gasteiger partial charge is 0.586 e. The smallest absolute Gasteiger partial charge is 0.395 e. The molecule has 37 heavy (non-hydrogen) atoms. The SMILES string of the molecule is C=CC(=O)N1CCCC(NC(=O)[C@@H]2Sc3nccc4c3C2NC(=O)N4c2ccc3c(c2)OC(F)(F)O3)C1. The monoisotopic (exact) mass is 529 g/mol. The number of pyridine rings is 1. The highest BCUT2D eigenvalue weighted by molar-refractivity contribution is 8.01. The van der Waals surface area contributed by atoms with Crippen molar-refractivity contribution in [3.63, 3.8) is 0 Å². The summed E-state index contributed by atoms with van der Waals surface area (Å²) in [6.07, 6.45) is 0.500. The first-order chi connectivity index (χ1) is 17.7. The third-order valence-corrected chi connectivity index (χ3v) is 7.95. The zero-order valence-electron chi connectivity index (χ0n) is 19.3. The number of urea groups is 1. The number of hydrogen-bond donors (Lipinski definition) is 2. The number of piperidine rings is 1. The molecule has 0 spiro atoms. The second kappa shape index (κ2) is 8.61. The number of nitrogens with one attached hydrogen (secondary N) is 2. The number of thioether (sulfide) groups is 1. The van der Waals surface area contributed by atoms with Crippen LogP contribution in [0.5, 0.6) is 11.5 Å². The molecule has 4 aliphatic rings. The summed E-state index contributed by atoms with van der Waals surface area (Å²) in [6.45, 7) is 4.52. The fourth-order valence-corrected chi connectivity index (χ4v) is 6.30. The van der Waals surface area contributed by atoms with Crippen LogP contribution in [-0.4, -0.2) is 58.4 Å². The minimum Gasteiger partial charge on any atom is -0.395 e. The number of carbonyl (C=O) groups is 3. The average molecular weight is 530 g/mol. The summed E-state index contributed by atoms with van der Waals surface area (Å²) in [5.41, 5.74) is 1.45. The number of rotatable bonds is 4. The van der Waals surface area contributed by atoms with Crippen LogP contribution in [0.1, 0.15) is 24.4 Å². The van der Waals surface area contributed by atoms with Crippen molar-refractivity contribution in [1.82, 2.24) is 20.5 Å². The van der Waals surface area contributed by atoms with E-state index in [0.717, 1.165) is 12.8 Å². The van der Waals surface area contributed by atoms with Crippen LogP contribution in [-0.2, 0) is 9.59 Å². The van der Waals surface area contributed by atoms with Gasteiger partial charge < -0.3 is 25.0 Å². The lowest BCUT2D eigenvalue weighted by Gasteiger charge is -2.35. The van der Waals surface area contributed by atoms with Gasteiger partial charge in [-0.05, 0) is 37.1 Å². The Labute approximate surface area is 214 Å². The predicted molar refractivity (Wildman–Crippen MR) is 128 cm³/mol. The number of aromatic nitrogens is 1. The summed E-state index contributed by atoms with van der Waals surface area (Å²) in [5, 5.41) is 5.82. The highest BCUT2D eigenvalue weighted by Gasteiger charge is 2.48. The van der Waals surface area contributed by atoms with Gasteiger partial charge in [-0.2, -0.15) is 0 Å². The van der Waals surface area contributed by atoms with Gasteiger partial charge in [-0.15, -0.1) is 8.78 Å². The molecule has 2 aromatic rings. The highest BCUT2D eigenvalue weighted by Crippen LogP contribution is 2.51. The van der Waals surface area contributed by atoms with E-state index >= 15 is 0 Å². The van der Waals surface area contributed by atoms with E-state index < -0.39 is 23.6 Å². The lowest BCUT2D eigenvalue weighted by molar-refractivity contribution is -0.286. The van der Waals surface area contributed by atoms with E-state index in [1.165, 1.54) is 47.1 Å². The Morgan fingerprint density at radius 3 is 2.89 bits per heavy atom. The van der Waals surface area contributed by atoms with E-state index in [1.807, 2.05) is 0 Å². The maximum Gasteiger partial charge on any atom is 0.586 e. The van der Waals surface area contributed by atoms with Gasteiger partial charge in [-0.1, -0.05) is 18.3 Å². The summed E-state index contributed by atoms with van der Waals surface area (Å²) in [5.74, 6) is -0.767. The maximum atomic E-state index is 13.5. The number of carbonyl (C=O) groups excluding carboxylic acids is 3. The zero-order valence-corrected chi connectivity index (χ0v) is 20.1. The van der Waals surface area contributed by atoms with Crippen molar-refractivity contribution in [2.75, 3.05) is 18.0 Å². The van der Waals surface area contributed by atoms with Crippen molar-refractivity contribution in [1.29, 1.82) is 0 Å². The summed E-state index contributed by atoms with van der Waals surface area (Å²) in [6, 6.07) is 4.34. The van der Waals surface area contributed by atoms with E-state index in [-0.39, 0.29) is 35.0 Å². The van der Waals surface area contributed by atoms with Crippen LogP contribution in [0.4, 0.5) is 25.0 Å². The lowest BCUT2D eigenvalue weighted by Crippen LogP contribution is -2.53. The van der Waals surface area contributed by atoms with Crippen LogP contribution < -0.4 is 25.0 Å². The van der Waals surface area contributed by atoms with Gasteiger partial charge in [0, 0.05) is 37.0 Å². The van der Waals surface area contributed by atoms with Crippen LogP contribution in [0.15, 0.2) is 48.1 Å². The molecular weight excluding hydrogens is 508 g/mol. The molecule has 2 unspecified atom stereocenters. The molecule has 10 nitrogen and oxygen atoms in total. The molecule has 1 fully saturated rings. The number of halogens is 2. The zero-order chi connectivity index (χ0) is 25.9. The molecular formula is C24H21F2N5O5S. The van der Waals surface area contributed by atoms with Crippen molar-refractivity contribution in [2.45, 2.75) is 41.5 Å². The Hall–Kier alpha value is -3.87. The standard InChI is InChI=1S/C24H21F2N5O5S/c1-2-17(32)30-9-3-4-12(11-30)28-21(33)20-19-18-14(7-8-27-22(18)37-20)31(23(34)29-19)13-5-6-15-16(10-13)36-24(25,26)35-15/h2,5-8,10,12,19-20H,1,3-4,9,11H2,(H,28,33)(H,29,34)/t12?,19?,20-/m1/s1. The summed E-state index contributed by atoms with van der Waals surface area (Å²) >= 11 is 1.25. The quantitative estimate of drug-likeness (QED) is 0.586. The number of benzene rings is 1. The third-order valence-electron chi connectivity index (χ3n) is 6.66. The predicted octanol–water partition coefficient (Wildman–Crippen LogP) is 3.07. The Kier molecular flexibility index (Phi) is 5.48. The maximum absolute atomic E-state index is 13.5. The molecule has 192 valence electrons. The van der Waals surface area contributed by atoms with Gasteiger partial charge in [-0.3, -0.25) is 14.5 Å². The number of likely N-dealkylation sites (tertiary alicyclic amines) is 1. The van der Waals surface area contributed by atoms with Gasteiger partial charge in [0.15, 0.2) is 11.5 Å². The van der Waals surface area contributed by atoms with Gasteiger partial charge in [0.05, 0.1) is 17.4 Å². The van der Waals surface area contributed by atoms with Crippen LogP contribution in [0.3, 0.4) is 0 Å². The van der Waals surface area contributed by atoms with Crippen LogP contribution in [0, 0.1) is 0 Å². The number of ether oxygens (including phenoxy) is 2. The number of anilines is 2. The fourth-order valence-electron chi connectivity index (χ4n) is 5.07. The molecule has 3 atom stereocenters. The summed E-state index contributed by atoms with van der Waals surface area (Å²) in [7, 11) is 0. The number of fused-ring (bicyclic) bond motifs is 1. The van der Waals surface area contributed by atoms with Gasteiger partial charge in [0.2, 0.25) is 11.8 Å². The van der Waals surface area contributed by atoms with E-state index in [4.69, 9.17) is 0 Å². The molecule has 13 heteroatoms. The van der Waals surface area contributed by atoms with Gasteiger partial charge in [-0.25, -0.2) is 9.78 Å². The summed E-state index contributed by atoms with van der Waals surface area (Å²) in [4.78, 5) is 46.0. The van der Waals surface area contributed by atoms with Crippen molar-refractivity contribution >= 4 is 41.0 Å². The van der Waals surface area contributed by atoms with Gasteiger partial charge in [0.1, 0.15) is 10.3 Å². The van der Waals surface area contributed by atoms with E-state index in [0.29, 0.717) is 29.4 Å². The Bertz CT molecular complexity index is 1340. The van der Waals surface area contributed by atoms with Crippen molar-refractivity contribution < 1.29 is 32.6 Å². The number of nitrogens with zero attached hydrogens (tertiary/aromatic N) is 3. The molecule has 0 saturated carbocycles. The lowest BCUT2D eigenvalue weighted by atomic mass is 9.99. The van der Waals surface area contributed by atoms with Crippen molar-refractivity contribution in [3.8, 4) is 11.5 Å². The topological polar surface area (TPSA) is 113 Å². The Balaban J connectivity index is 1.25. The molecule has 0 aliphatic carbocycles. The molecule has 1 aromatic carbocycles. The molecule has 0 bridgehead atoms. The van der Waals surface area contributed by atoms with Gasteiger partial charge in [0.25, 0.3) is 0 Å². The molecule has 1 aromatic heterocycles. The molecule has 1 saturated heterocycles. The van der Waals surface area contributed by atoms with E-state index in [2.05, 4.69) is 31.7 Å². The van der Waals surface area contributed by atoms with Crippen molar-refractivity contribution in [3.05, 3.63) is 48.7 Å².